The summed E-state index contributed by atoms with van der Waals surface area (Å²) in [5.74, 6) is 0.233. The first-order valence-electron chi connectivity index (χ1n) is 8.74. The smallest absolute Gasteiger partial charge is 0.415 e. The van der Waals surface area contributed by atoms with Crippen LogP contribution in [0.5, 0.6) is 5.75 Å². The van der Waals surface area contributed by atoms with Crippen molar-refractivity contribution in [3.8, 4) is 5.75 Å². The molecule has 1 amide bonds. The lowest BCUT2D eigenvalue weighted by atomic mass is 10.1. The van der Waals surface area contributed by atoms with Crippen LogP contribution in [0.3, 0.4) is 0 Å². The summed E-state index contributed by atoms with van der Waals surface area (Å²) < 4.78 is 45.2. The van der Waals surface area contributed by atoms with Crippen LogP contribution in [-0.4, -0.2) is 58.5 Å². The number of β-amino-alcohol motifs (C(OH)–C–C–N with tert-alkyl or cyclic N) is 1. The number of aliphatic hydroxyl groups is 1. The number of likely N-dealkylation sites (tertiary alicyclic amines) is 1. The Morgan fingerprint density at radius 2 is 2.00 bits per heavy atom. The molecule has 1 atom stereocenters. The van der Waals surface area contributed by atoms with Crippen LogP contribution in [0.15, 0.2) is 30.5 Å². The number of nitrogens with zero attached hydrogens (tertiary/aromatic N) is 2. The number of carbonyl (C=O) groups excluding carboxylic acids is 1. The predicted octanol–water partition coefficient (Wildman–Crippen LogP) is 1.89. The van der Waals surface area contributed by atoms with Gasteiger partial charge in [-0.1, -0.05) is 6.07 Å². The molecule has 27 heavy (non-hydrogen) atoms. The van der Waals surface area contributed by atoms with E-state index in [0.29, 0.717) is 31.7 Å². The van der Waals surface area contributed by atoms with Gasteiger partial charge in [-0.3, -0.25) is 4.79 Å². The summed E-state index contributed by atoms with van der Waals surface area (Å²) in [5, 5.41) is 10.0. The Labute approximate surface area is 154 Å². The number of nitrogens with two attached hydrogens (primary N) is 1. The van der Waals surface area contributed by atoms with Crippen molar-refractivity contribution in [3.63, 3.8) is 0 Å². The number of hydrogen-bond donors (Lipinski definition) is 2. The summed E-state index contributed by atoms with van der Waals surface area (Å²) in [4.78, 5) is 12.8. The monoisotopic (exact) mass is 385 g/mol. The number of alkyl halides is 3. The molecule has 1 saturated heterocycles. The second-order valence-electron chi connectivity index (χ2n) is 6.77. The summed E-state index contributed by atoms with van der Waals surface area (Å²) in [7, 11) is 0. The molecular formula is C18H22F3N3O3. The molecule has 1 fully saturated rings. The van der Waals surface area contributed by atoms with Crippen LogP contribution in [0.2, 0.25) is 0 Å². The molecule has 1 aliphatic heterocycles. The van der Waals surface area contributed by atoms with Crippen molar-refractivity contribution in [1.82, 2.24) is 9.47 Å². The number of piperidine rings is 1. The van der Waals surface area contributed by atoms with Crippen molar-refractivity contribution in [3.05, 3.63) is 30.5 Å². The molecule has 148 valence electrons. The van der Waals surface area contributed by atoms with Crippen LogP contribution >= 0.6 is 0 Å². The number of ether oxygens (including phenoxy) is 1. The Morgan fingerprint density at radius 3 is 2.63 bits per heavy atom. The fourth-order valence-corrected chi connectivity index (χ4v) is 3.34. The molecule has 9 heteroatoms. The standard InChI is InChI=1S/C18H22F3N3O3/c19-18(20,21)16(25)10-23-7-4-12(5-8-23)27-15-3-1-2-14-13(15)6-9-24(14)11-17(22)26/h1-3,6,9,12,16,25H,4-5,7-8,10-11H2,(H2,22,26). The third-order valence-electron chi connectivity index (χ3n) is 4.74. The number of rotatable bonds is 6. The highest BCUT2D eigenvalue weighted by Crippen LogP contribution is 2.29. The third kappa shape index (κ3) is 4.72. The molecule has 2 aromatic rings. The summed E-state index contributed by atoms with van der Waals surface area (Å²) in [6.07, 6.45) is -4.13. The molecule has 0 spiro atoms. The third-order valence-corrected chi connectivity index (χ3v) is 4.74. The zero-order valence-electron chi connectivity index (χ0n) is 14.7. The van der Waals surface area contributed by atoms with Gasteiger partial charge in [0.15, 0.2) is 6.10 Å². The highest BCUT2D eigenvalue weighted by Gasteiger charge is 2.39. The minimum absolute atomic E-state index is 0.0763. The maximum Gasteiger partial charge on any atom is 0.415 e. The van der Waals surface area contributed by atoms with Crippen LogP contribution in [0, 0.1) is 0 Å². The van der Waals surface area contributed by atoms with Crippen LogP contribution < -0.4 is 10.5 Å². The molecule has 1 aromatic heterocycles. The number of primary amides is 1. The van der Waals surface area contributed by atoms with Crippen molar-refractivity contribution < 1.29 is 27.8 Å². The van der Waals surface area contributed by atoms with Crippen molar-refractivity contribution in [2.75, 3.05) is 19.6 Å². The van der Waals surface area contributed by atoms with Gasteiger partial charge in [-0.25, -0.2) is 0 Å². The Hall–Kier alpha value is -2.26. The average molecular weight is 385 g/mol. The van der Waals surface area contributed by atoms with E-state index in [2.05, 4.69) is 0 Å². The molecule has 0 saturated carbocycles. The second kappa shape index (κ2) is 7.77. The lowest BCUT2D eigenvalue weighted by Crippen LogP contribution is -2.45. The largest absolute Gasteiger partial charge is 0.490 e. The number of halogens is 3. The zero-order chi connectivity index (χ0) is 19.6. The van der Waals surface area contributed by atoms with Gasteiger partial charge in [0.25, 0.3) is 0 Å². The lowest BCUT2D eigenvalue weighted by Gasteiger charge is -2.33. The minimum Gasteiger partial charge on any atom is -0.490 e. The van der Waals surface area contributed by atoms with Crippen LogP contribution in [-0.2, 0) is 11.3 Å². The molecule has 1 unspecified atom stereocenters. The molecule has 2 heterocycles. The van der Waals surface area contributed by atoms with Gasteiger partial charge < -0.3 is 25.0 Å². The van der Waals surface area contributed by atoms with E-state index in [-0.39, 0.29) is 12.6 Å². The number of carbonyl (C=O) groups is 1. The second-order valence-corrected chi connectivity index (χ2v) is 6.77. The number of hydrogen-bond acceptors (Lipinski definition) is 4. The Bertz CT molecular complexity index is 798. The van der Waals surface area contributed by atoms with Gasteiger partial charge in [-0.15, -0.1) is 0 Å². The lowest BCUT2D eigenvalue weighted by molar-refractivity contribution is -0.208. The van der Waals surface area contributed by atoms with E-state index in [0.717, 1.165) is 10.9 Å². The number of aromatic nitrogens is 1. The van der Waals surface area contributed by atoms with Gasteiger partial charge in [-0.2, -0.15) is 13.2 Å². The summed E-state index contributed by atoms with van der Waals surface area (Å²) in [6, 6.07) is 7.37. The van der Waals surface area contributed by atoms with E-state index in [9.17, 15) is 23.1 Å². The molecule has 0 bridgehead atoms. The molecular weight excluding hydrogens is 363 g/mol. The van der Waals surface area contributed by atoms with E-state index < -0.39 is 24.7 Å². The molecule has 1 aromatic carbocycles. The van der Waals surface area contributed by atoms with Crippen molar-refractivity contribution in [2.24, 2.45) is 5.73 Å². The summed E-state index contributed by atoms with van der Waals surface area (Å²) in [6.45, 7) is 0.515. The number of fused-ring (bicyclic) bond motifs is 1. The summed E-state index contributed by atoms with van der Waals surface area (Å²) >= 11 is 0. The topological polar surface area (TPSA) is 80.7 Å². The SMILES string of the molecule is NC(=O)Cn1ccc2c(OC3CCN(CC(O)C(F)(F)F)CC3)cccc21. The first-order valence-corrected chi connectivity index (χ1v) is 8.74. The number of amides is 1. The average Bonchev–Trinajstić information content (AvgIpc) is 2.99. The number of benzene rings is 1. The number of aliphatic hydroxyl groups excluding tert-OH is 1. The van der Waals surface area contributed by atoms with Gasteiger partial charge in [0.05, 0.1) is 5.52 Å². The van der Waals surface area contributed by atoms with E-state index in [1.54, 1.807) is 15.7 Å². The maximum absolute atomic E-state index is 12.5. The molecule has 1 aliphatic rings. The molecule has 6 nitrogen and oxygen atoms in total. The zero-order valence-corrected chi connectivity index (χ0v) is 14.7. The highest BCUT2D eigenvalue weighted by molar-refractivity contribution is 5.87. The molecule has 0 radical (unpaired) electrons. The van der Waals surface area contributed by atoms with Crippen molar-refractivity contribution in [2.45, 2.75) is 37.8 Å². The molecule has 3 N–H and O–H groups in total. The fourth-order valence-electron chi connectivity index (χ4n) is 3.34. The van der Waals surface area contributed by atoms with Gasteiger partial charge in [0.1, 0.15) is 18.4 Å². The maximum atomic E-state index is 12.5. The van der Waals surface area contributed by atoms with E-state index in [1.165, 1.54) is 0 Å². The normalized spacial score (nSPS) is 17.9. The molecule has 3 rings (SSSR count). The minimum atomic E-state index is -4.60. The first kappa shape index (κ1) is 19.5. The highest BCUT2D eigenvalue weighted by atomic mass is 19.4. The van der Waals surface area contributed by atoms with Gasteiger partial charge in [0.2, 0.25) is 5.91 Å². The Balaban J connectivity index is 1.61. The van der Waals surface area contributed by atoms with E-state index >= 15 is 0 Å². The van der Waals surface area contributed by atoms with Crippen LogP contribution in [0.1, 0.15) is 12.8 Å². The van der Waals surface area contributed by atoms with Gasteiger partial charge in [-0.05, 0) is 31.0 Å². The van der Waals surface area contributed by atoms with Gasteiger partial charge >= 0.3 is 6.18 Å². The van der Waals surface area contributed by atoms with Gasteiger partial charge in [0, 0.05) is 31.2 Å². The first-order chi connectivity index (χ1) is 12.7. The predicted molar refractivity (Wildman–Crippen MR) is 93.3 cm³/mol. The van der Waals surface area contributed by atoms with Crippen LogP contribution in [0.25, 0.3) is 10.9 Å². The quantitative estimate of drug-likeness (QED) is 0.796. The molecule has 0 aliphatic carbocycles. The van der Waals surface area contributed by atoms with E-state index in [4.69, 9.17) is 10.5 Å². The summed E-state index contributed by atoms with van der Waals surface area (Å²) in [5.41, 5.74) is 6.08. The fraction of sp³-hybridized carbons (Fsp3) is 0.500. The Kier molecular flexibility index (Phi) is 5.61. The van der Waals surface area contributed by atoms with Crippen molar-refractivity contribution in [1.29, 1.82) is 0 Å². The van der Waals surface area contributed by atoms with Crippen LogP contribution in [0.4, 0.5) is 13.2 Å². The Morgan fingerprint density at radius 1 is 1.30 bits per heavy atom. The van der Waals surface area contributed by atoms with Crippen molar-refractivity contribution >= 4 is 16.8 Å². The van der Waals surface area contributed by atoms with E-state index in [1.807, 2.05) is 24.3 Å².